The predicted octanol–water partition coefficient (Wildman–Crippen LogP) is 1.51. The highest BCUT2D eigenvalue weighted by atomic mass is 16.6. The number of carbonyl (C=O) groups is 1. The lowest BCUT2D eigenvalue weighted by atomic mass is 10.2. The number of hydrogen-bond acceptors (Lipinski definition) is 5. The molecule has 0 amide bonds. The van der Waals surface area contributed by atoms with Crippen molar-refractivity contribution in [1.82, 2.24) is 4.98 Å². The Kier molecular flexibility index (Phi) is 3.39. The lowest BCUT2D eigenvalue weighted by Gasteiger charge is -2.09. The first-order chi connectivity index (χ1) is 7.41. The molecule has 0 unspecified atom stereocenters. The van der Waals surface area contributed by atoms with Gasteiger partial charge in [-0.25, -0.2) is 9.78 Å². The number of rotatable bonds is 4. The largest absolute Gasteiger partial charge is 0.478 e. The summed E-state index contributed by atoms with van der Waals surface area (Å²) in [4.78, 5) is 24.4. The van der Waals surface area contributed by atoms with Crippen LogP contribution in [0, 0.1) is 10.1 Å². The number of aromatic carboxylic acids is 1. The Morgan fingerprint density at radius 3 is 2.69 bits per heavy atom. The summed E-state index contributed by atoms with van der Waals surface area (Å²) in [5.41, 5.74) is -0.547. The summed E-state index contributed by atoms with van der Waals surface area (Å²) in [6, 6.07) is 0.960. The van der Waals surface area contributed by atoms with E-state index in [9.17, 15) is 14.9 Å². The van der Waals surface area contributed by atoms with Crippen molar-refractivity contribution >= 4 is 17.5 Å². The molecule has 0 radical (unpaired) electrons. The van der Waals surface area contributed by atoms with E-state index in [4.69, 9.17) is 5.11 Å². The number of hydrogen-bond donors (Lipinski definition) is 2. The zero-order chi connectivity index (χ0) is 12.3. The minimum absolute atomic E-state index is 0.0260. The maximum atomic E-state index is 10.7. The van der Waals surface area contributed by atoms with Crippen LogP contribution in [-0.4, -0.2) is 27.0 Å². The Labute approximate surface area is 91.3 Å². The third kappa shape index (κ3) is 2.66. The maximum Gasteiger partial charge on any atom is 0.337 e. The molecule has 1 heterocycles. The minimum Gasteiger partial charge on any atom is -0.478 e. The normalized spacial score (nSPS) is 10.2. The molecule has 0 fully saturated rings. The molecule has 16 heavy (non-hydrogen) atoms. The molecule has 0 bridgehead atoms. The van der Waals surface area contributed by atoms with Crippen molar-refractivity contribution in [2.24, 2.45) is 0 Å². The highest BCUT2D eigenvalue weighted by molar-refractivity contribution is 5.88. The molecule has 7 heteroatoms. The molecule has 0 spiro atoms. The van der Waals surface area contributed by atoms with Crippen LogP contribution in [-0.2, 0) is 0 Å². The Morgan fingerprint density at radius 1 is 1.62 bits per heavy atom. The Balaban J connectivity index is 3.19. The summed E-state index contributed by atoms with van der Waals surface area (Å²) in [6.45, 7) is 3.60. The summed E-state index contributed by atoms with van der Waals surface area (Å²) in [7, 11) is 0. The van der Waals surface area contributed by atoms with Crippen LogP contribution < -0.4 is 5.32 Å². The molecule has 0 aliphatic rings. The van der Waals surface area contributed by atoms with Gasteiger partial charge in [0.25, 0.3) is 0 Å². The van der Waals surface area contributed by atoms with Crippen LogP contribution in [0.4, 0.5) is 11.5 Å². The molecule has 2 N–H and O–H groups in total. The van der Waals surface area contributed by atoms with Crippen molar-refractivity contribution in [2.75, 3.05) is 5.32 Å². The van der Waals surface area contributed by atoms with Crippen LogP contribution in [0.25, 0.3) is 0 Å². The van der Waals surface area contributed by atoms with Crippen molar-refractivity contribution < 1.29 is 14.8 Å². The summed E-state index contributed by atoms with van der Waals surface area (Å²) >= 11 is 0. The fourth-order valence-electron chi connectivity index (χ4n) is 1.09. The van der Waals surface area contributed by atoms with Crippen molar-refractivity contribution in [2.45, 2.75) is 19.9 Å². The average Bonchev–Trinajstić information content (AvgIpc) is 2.16. The van der Waals surface area contributed by atoms with E-state index in [1.807, 2.05) is 0 Å². The van der Waals surface area contributed by atoms with Crippen LogP contribution in [0.2, 0.25) is 0 Å². The van der Waals surface area contributed by atoms with Gasteiger partial charge in [-0.2, -0.15) is 0 Å². The van der Waals surface area contributed by atoms with E-state index in [0.717, 1.165) is 12.3 Å². The lowest BCUT2D eigenvalue weighted by molar-refractivity contribution is -0.384. The average molecular weight is 225 g/mol. The summed E-state index contributed by atoms with van der Waals surface area (Å²) in [5, 5.41) is 22.2. The van der Waals surface area contributed by atoms with Gasteiger partial charge in [-0.3, -0.25) is 10.1 Å². The van der Waals surface area contributed by atoms with Gasteiger partial charge in [0, 0.05) is 18.3 Å². The zero-order valence-electron chi connectivity index (χ0n) is 8.80. The van der Waals surface area contributed by atoms with Gasteiger partial charge in [0.15, 0.2) is 0 Å². The third-order valence-corrected chi connectivity index (χ3v) is 1.74. The molecule has 0 aromatic carbocycles. The van der Waals surface area contributed by atoms with Gasteiger partial charge in [-0.05, 0) is 13.8 Å². The zero-order valence-corrected chi connectivity index (χ0v) is 8.80. The third-order valence-electron chi connectivity index (χ3n) is 1.74. The SMILES string of the molecule is CC(C)Nc1ncc(C(=O)O)cc1[N+](=O)[O-]. The molecule has 7 nitrogen and oxygen atoms in total. The minimum atomic E-state index is -1.24. The lowest BCUT2D eigenvalue weighted by Crippen LogP contribution is -2.13. The van der Waals surface area contributed by atoms with Gasteiger partial charge in [-0.1, -0.05) is 0 Å². The van der Waals surface area contributed by atoms with Gasteiger partial charge in [0.1, 0.15) is 0 Å². The van der Waals surface area contributed by atoms with E-state index in [2.05, 4.69) is 10.3 Å². The predicted molar refractivity (Wildman–Crippen MR) is 56.6 cm³/mol. The fraction of sp³-hybridized carbons (Fsp3) is 0.333. The molecule has 0 saturated carbocycles. The fourth-order valence-corrected chi connectivity index (χ4v) is 1.09. The van der Waals surface area contributed by atoms with Gasteiger partial charge in [-0.15, -0.1) is 0 Å². The molecule has 86 valence electrons. The summed E-state index contributed by atoms with van der Waals surface area (Å²) in [5.74, 6) is -1.17. The Hall–Kier alpha value is -2.18. The molecular formula is C9H11N3O4. The quantitative estimate of drug-likeness (QED) is 0.594. The number of carboxylic acids is 1. The first-order valence-corrected chi connectivity index (χ1v) is 4.56. The summed E-state index contributed by atoms with van der Waals surface area (Å²) < 4.78 is 0. The highest BCUT2D eigenvalue weighted by Crippen LogP contribution is 2.23. The number of nitro groups is 1. The highest BCUT2D eigenvalue weighted by Gasteiger charge is 2.19. The van der Waals surface area contributed by atoms with E-state index >= 15 is 0 Å². The second-order valence-electron chi connectivity index (χ2n) is 3.45. The van der Waals surface area contributed by atoms with Gasteiger partial charge >= 0.3 is 11.7 Å². The van der Waals surface area contributed by atoms with Crippen molar-refractivity contribution in [3.05, 3.63) is 27.9 Å². The van der Waals surface area contributed by atoms with E-state index in [1.165, 1.54) is 0 Å². The number of nitrogens with zero attached hydrogens (tertiary/aromatic N) is 2. The van der Waals surface area contributed by atoms with Crippen LogP contribution >= 0.6 is 0 Å². The summed E-state index contributed by atoms with van der Waals surface area (Å²) in [6.07, 6.45) is 1.08. The Bertz CT molecular complexity index is 431. The molecule has 1 rings (SSSR count). The Morgan fingerprint density at radius 2 is 2.25 bits per heavy atom. The second-order valence-corrected chi connectivity index (χ2v) is 3.45. The van der Waals surface area contributed by atoms with E-state index < -0.39 is 10.9 Å². The molecule has 1 aromatic heterocycles. The molecular weight excluding hydrogens is 214 g/mol. The number of aromatic nitrogens is 1. The topological polar surface area (TPSA) is 105 Å². The van der Waals surface area contributed by atoms with E-state index in [0.29, 0.717) is 0 Å². The standard InChI is InChI=1S/C9H11N3O4/c1-5(2)11-8-7(12(15)16)3-6(4-10-8)9(13)14/h3-5H,1-2H3,(H,10,11)(H,13,14). The van der Waals surface area contributed by atoms with Crippen LogP contribution in [0.15, 0.2) is 12.3 Å². The first kappa shape index (κ1) is 11.9. The first-order valence-electron chi connectivity index (χ1n) is 4.56. The number of anilines is 1. The molecule has 0 atom stereocenters. The van der Waals surface area contributed by atoms with Crippen LogP contribution in [0.1, 0.15) is 24.2 Å². The van der Waals surface area contributed by atoms with Crippen molar-refractivity contribution in [3.8, 4) is 0 Å². The van der Waals surface area contributed by atoms with Gasteiger partial charge in [0.05, 0.1) is 10.5 Å². The second kappa shape index (κ2) is 4.56. The molecule has 1 aromatic rings. The van der Waals surface area contributed by atoms with Crippen LogP contribution in [0.3, 0.4) is 0 Å². The van der Waals surface area contributed by atoms with Crippen molar-refractivity contribution in [3.63, 3.8) is 0 Å². The van der Waals surface area contributed by atoms with E-state index in [-0.39, 0.29) is 23.1 Å². The molecule has 0 saturated heterocycles. The maximum absolute atomic E-state index is 10.7. The molecule has 0 aliphatic heterocycles. The number of carboxylic acid groups (broad SMARTS) is 1. The molecule has 0 aliphatic carbocycles. The number of pyridine rings is 1. The number of nitrogens with one attached hydrogen (secondary N) is 1. The van der Waals surface area contributed by atoms with Crippen LogP contribution in [0.5, 0.6) is 0 Å². The monoisotopic (exact) mass is 225 g/mol. The van der Waals surface area contributed by atoms with Gasteiger partial charge < -0.3 is 10.4 Å². The van der Waals surface area contributed by atoms with Crippen molar-refractivity contribution in [1.29, 1.82) is 0 Å². The van der Waals surface area contributed by atoms with E-state index in [1.54, 1.807) is 13.8 Å². The smallest absolute Gasteiger partial charge is 0.337 e. The van der Waals surface area contributed by atoms with Gasteiger partial charge in [0.2, 0.25) is 5.82 Å².